The zero-order chi connectivity index (χ0) is 10.6. The third-order valence-electron chi connectivity index (χ3n) is 1.44. The van der Waals surface area contributed by atoms with Crippen molar-refractivity contribution in [3.8, 4) is 0 Å². The van der Waals surface area contributed by atoms with Crippen molar-refractivity contribution in [3.63, 3.8) is 0 Å². The largest absolute Gasteiger partial charge is 0.466 e. The maximum Gasteiger partial charge on any atom is 0.330 e. The number of methoxy groups -OCH3 is 1. The minimum atomic E-state index is -0.470. The highest BCUT2D eigenvalue weighted by atomic mass is 16.5. The van der Waals surface area contributed by atoms with Gasteiger partial charge in [-0.3, -0.25) is 0 Å². The minimum Gasteiger partial charge on any atom is -0.466 e. The lowest BCUT2D eigenvalue weighted by atomic mass is 10.4. The summed E-state index contributed by atoms with van der Waals surface area (Å²) >= 11 is 0. The summed E-state index contributed by atoms with van der Waals surface area (Å²) < 4.78 is 4.40. The molecule has 0 aliphatic rings. The Bertz CT molecular complexity index is 376. The molecule has 14 heavy (non-hydrogen) atoms. The molecule has 74 valence electrons. The first kappa shape index (κ1) is 9.97. The number of aromatic nitrogens is 2. The van der Waals surface area contributed by atoms with Crippen molar-refractivity contribution in [2.45, 2.75) is 0 Å². The lowest BCUT2D eigenvalue weighted by Gasteiger charge is -1.98. The van der Waals surface area contributed by atoms with E-state index in [4.69, 9.17) is 11.5 Å². The molecule has 0 aromatic carbocycles. The normalized spacial score (nSPS) is 10.4. The van der Waals surface area contributed by atoms with Crippen molar-refractivity contribution in [3.05, 3.63) is 18.0 Å². The molecule has 1 rings (SSSR count). The van der Waals surface area contributed by atoms with Gasteiger partial charge in [-0.15, -0.1) is 0 Å². The zero-order valence-electron chi connectivity index (χ0n) is 7.60. The van der Waals surface area contributed by atoms with E-state index in [2.05, 4.69) is 14.7 Å². The van der Waals surface area contributed by atoms with Gasteiger partial charge < -0.3 is 16.2 Å². The minimum absolute atomic E-state index is 0.136. The second kappa shape index (κ2) is 4.22. The van der Waals surface area contributed by atoms with Crippen molar-refractivity contribution in [1.29, 1.82) is 0 Å². The highest BCUT2D eigenvalue weighted by Crippen LogP contribution is 2.07. The summed E-state index contributed by atoms with van der Waals surface area (Å²) in [4.78, 5) is 18.4. The fourth-order valence-electron chi connectivity index (χ4n) is 0.729. The molecule has 0 atom stereocenters. The molecule has 0 aliphatic carbocycles. The van der Waals surface area contributed by atoms with Crippen LogP contribution in [0.3, 0.4) is 0 Å². The third kappa shape index (κ3) is 2.44. The summed E-state index contributed by atoms with van der Waals surface area (Å²) in [6.07, 6.45) is 4.07. The first-order valence-electron chi connectivity index (χ1n) is 3.77. The predicted molar refractivity (Wildman–Crippen MR) is 51.9 cm³/mol. The fraction of sp³-hybridized carbons (Fsp3) is 0.125. The molecule has 4 N–H and O–H groups in total. The molecular formula is C8H10N4O2. The van der Waals surface area contributed by atoms with Crippen LogP contribution in [0.15, 0.2) is 12.3 Å². The van der Waals surface area contributed by atoms with Gasteiger partial charge in [-0.05, 0) is 6.08 Å². The second-order valence-corrected chi connectivity index (χ2v) is 2.42. The molecule has 1 aromatic heterocycles. The number of hydrogen-bond acceptors (Lipinski definition) is 6. The standard InChI is InChI=1S/C8H10N4O2/c1-14-6(13)3-2-5-4-11-7(9)8(10)12-5/h2-4H,1H3,(H2,9,11)(H2,10,12). The number of hydrogen-bond donors (Lipinski definition) is 2. The Balaban J connectivity index is 2.83. The summed E-state index contributed by atoms with van der Waals surface area (Å²) in [6, 6.07) is 0. The van der Waals surface area contributed by atoms with Crippen LogP contribution < -0.4 is 11.5 Å². The maximum atomic E-state index is 10.7. The SMILES string of the molecule is COC(=O)C=Cc1cnc(N)c(N)n1. The average Bonchev–Trinajstić information content (AvgIpc) is 2.19. The van der Waals surface area contributed by atoms with Crippen LogP contribution in [0.4, 0.5) is 11.6 Å². The van der Waals surface area contributed by atoms with Crippen LogP contribution in [-0.4, -0.2) is 23.0 Å². The van der Waals surface area contributed by atoms with E-state index in [0.717, 1.165) is 0 Å². The molecular weight excluding hydrogens is 184 g/mol. The van der Waals surface area contributed by atoms with Crippen molar-refractivity contribution in [1.82, 2.24) is 9.97 Å². The number of anilines is 2. The first-order valence-corrected chi connectivity index (χ1v) is 3.77. The monoisotopic (exact) mass is 194 g/mol. The second-order valence-electron chi connectivity index (χ2n) is 2.42. The van der Waals surface area contributed by atoms with Crippen LogP contribution in [0.25, 0.3) is 6.08 Å². The van der Waals surface area contributed by atoms with Crippen molar-refractivity contribution < 1.29 is 9.53 Å². The lowest BCUT2D eigenvalue weighted by Crippen LogP contribution is -2.01. The maximum absolute atomic E-state index is 10.7. The summed E-state index contributed by atoms with van der Waals surface area (Å²) in [5.41, 5.74) is 11.2. The predicted octanol–water partition coefficient (Wildman–Crippen LogP) is -0.173. The number of nitrogen functional groups attached to an aromatic ring is 2. The molecule has 0 saturated carbocycles. The topological polar surface area (TPSA) is 104 Å². The van der Waals surface area contributed by atoms with Gasteiger partial charge in [-0.2, -0.15) is 0 Å². The number of ether oxygens (including phenoxy) is 1. The highest BCUT2D eigenvalue weighted by molar-refractivity contribution is 5.86. The van der Waals surface area contributed by atoms with E-state index < -0.39 is 5.97 Å². The van der Waals surface area contributed by atoms with Crippen LogP contribution in [0.2, 0.25) is 0 Å². The molecule has 0 aliphatic heterocycles. The molecule has 0 unspecified atom stereocenters. The average molecular weight is 194 g/mol. The molecule has 6 nitrogen and oxygen atoms in total. The van der Waals surface area contributed by atoms with Gasteiger partial charge in [0.15, 0.2) is 11.6 Å². The highest BCUT2D eigenvalue weighted by Gasteiger charge is 1.98. The van der Waals surface area contributed by atoms with Crippen LogP contribution in [0, 0.1) is 0 Å². The van der Waals surface area contributed by atoms with Gasteiger partial charge in [0.2, 0.25) is 0 Å². The summed E-state index contributed by atoms with van der Waals surface area (Å²) in [5, 5.41) is 0. The zero-order valence-corrected chi connectivity index (χ0v) is 7.60. The molecule has 0 amide bonds. The molecule has 0 spiro atoms. The van der Waals surface area contributed by atoms with Gasteiger partial charge in [-0.25, -0.2) is 14.8 Å². The Labute approximate surface area is 80.6 Å². The Kier molecular flexibility index (Phi) is 3.01. The Morgan fingerprint density at radius 2 is 2.21 bits per heavy atom. The van der Waals surface area contributed by atoms with E-state index in [0.29, 0.717) is 5.69 Å². The summed E-state index contributed by atoms with van der Waals surface area (Å²) in [5.74, 6) is -0.167. The Morgan fingerprint density at radius 3 is 2.79 bits per heavy atom. The van der Waals surface area contributed by atoms with E-state index in [1.165, 1.54) is 25.5 Å². The van der Waals surface area contributed by atoms with Crippen molar-refractivity contribution in [2.75, 3.05) is 18.6 Å². The molecule has 0 saturated heterocycles. The van der Waals surface area contributed by atoms with Crippen molar-refractivity contribution >= 4 is 23.7 Å². The van der Waals surface area contributed by atoms with Gasteiger partial charge in [0, 0.05) is 6.08 Å². The summed E-state index contributed by atoms with van der Waals surface area (Å²) in [6.45, 7) is 0. The van der Waals surface area contributed by atoms with E-state index >= 15 is 0 Å². The third-order valence-corrected chi connectivity index (χ3v) is 1.44. The van der Waals surface area contributed by atoms with Gasteiger partial charge in [0.1, 0.15) is 0 Å². The van der Waals surface area contributed by atoms with Crippen LogP contribution in [-0.2, 0) is 9.53 Å². The first-order chi connectivity index (χ1) is 6.63. The molecule has 0 radical (unpaired) electrons. The number of esters is 1. The Hall–Kier alpha value is -2.11. The quantitative estimate of drug-likeness (QED) is 0.500. The van der Waals surface area contributed by atoms with Crippen LogP contribution in [0.5, 0.6) is 0 Å². The van der Waals surface area contributed by atoms with E-state index in [-0.39, 0.29) is 11.6 Å². The number of nitrogens with zero attached hydrogens (tertiary/aromatic N) is 2. The smallest absolute Gasteiger partial charge is 0.330 e. The molecule has 6 heteroatoms. The van der Waals surface area contributed by atoms with Gasteiger partial charge in [-0.1, -0.05) is 0 Å². The molecule has 1 heterocycles. The number of rotatable bonds is 2. The molecule has 1 aromatic rings. The van der Waals surface area contributed by atoms with E-state index in [1.54, 1.807) is 0 Å². The summed E-state index contributed by atoms with van der Waals surface area (Å²) in [7, 11) is 1.29. The lowest BCUT2D eigenvalue weighted by molar-refractivity contribution is -0.134. The fourth-order valence-corrected chi connectivity index (χ4v) is 0.729. The van der Waals surface area contributed by atoms with Crippen molar-refractivity contribution in [2.24, 2.45) is 0 Å². The van der Waals surface area contributed by atoms with E-state index in [1.807, 2.05) is 0 Å². The number of nitrogens with two attached hydrogens (primary N) is 2. The van der Waals surface area contributed by atoms with Gasteiger partial charge in [0.25, 0.3) is 0 Å². The molecule has 0 bridgehead atoms. The Morgan fingerprint density at radius 1 is 1.50 bits per heavy atom. The van der Waals surface area contributed by atoms with Gasteiger partial charge in [0.05, 0.1) is 19.0 Å². The molecule has 0 fully saturated rings. The van der Waals surface area contributed by atoms with Gasteiger partial charge >= 0.3 is 5.97 Å². The number of carbonyl (C=O) groups is 1. The van der Waals surface area contributed by atoms with Crippen LogP contribution in [0.1, 0.15) is 5.69 Å². The van der Waals surface area contributed by atoms with E-state index in [9.17, 15) is 4.79 Å². The number of carbonyl (C=O) groups excluding carboxylic acids is 1. The van der Waals surface area contributed by atoms with Crippen LogP contribution >= 0.6 is 0 Å².